The maximum absolute atomic E-state index is 6.49. The summed E-state index contributed by atoms with van der Waals surface area (Å²) in [7, 11) is 2.04. The second-order valence-corrected chi connectivity index (χ2v) is 12.6. The van der Waals surface area contributed by atoms with Crippen molar-refractivity contribution >= 4 is 22.7 Å². The van der Waals surface area contributed by atoms with E-state index in [9.17, 15) is 0 Å². The summed E-state index contributed by atoms with van der Waals surface area (Å²) in [6.07, 6.45) is 1.79. The number of imidazole rings is 1. The molecular formula is C36H38N5O2Pt-3. The third-order valence-corrected chi connectivity index (χ3v) is 7.60. The average Bonchev–Trinajstić information content (AvgIpc) is 3.52. The molecule has 5 aromatic rings. The van der Waals surface area contributed by atoms with Crippen molar-refractivity contribution < 1.29 is 30.5 Å². The first kappa shape index (κ1) is 31.6. The number of benzene rings is 2. The summed E-state index contributed by atoms with van der Waals surface area (Å²) in [5, 5.41) is 0. The van der Waals surface area contributed by atoms with E-state index in [-0.39, 0.29) is 38.3 Å². The predicted octanol–water partition coefficient (Wildman–Crippen LogP) is 9.16. The first-order chi connectivity index (χ1) is 20.5. The van der Waals surface area contributed by atoms with Crippen molar-refractivity contribution in [2.24, 2.45) is 0 Å². The molecule has 0 spiro atoms. The van der Waals surface area contributed by atoms with Gasteiger partial charge >= 0.3 is 0 Å². The Morgan fingerprint density at radius 1 is 0.841 bits per heavy atom. The van der Waals surface area contributed by atoms with E-state index in [2.05, 4.69) is 94.2 Å². The van der Waals surface area contributed by atoms with E-state index >= 15 is 0 Å². The molecule has 0 radical (unpaired) electrons. The first-order valence-corrected chi connectivity index (χ1v) is 14.8. The fourth-order valence-electron chi connectivity index (χ4n) is 5.44. The van der Waals surface area contributed by atoms with E-state index in [0.717, 1.165) is 39.7 Å². The van der Waals surface area contributed by atoms with Crippen LogP contribution in [0.3, 0.4) is 0 Å². The van der Waals surface area contributed by atoms with Crippen LogP contribution in [0.1, 0.15) is 77.3 Å². The molecule has 0 saturated carbocycles. The molecule has 0 bridgehead atoms. The molecule has 0 N–H and O–H groups in total. The van der Waals surface area contributed by atoms with E-state index in [4.69, 9.17) is 14.5 Å². The number of nitrogens with zero attached hydrogens (tertiary/aromatic N) is 5. The molecule has 8 heteroatoms. The molecule has 6 rings (SSSR count). The van der Waals surface area contributed by atoms with E-state index in [0.29, 0.717) is 23.3 Å². The molecule has 0 saturated heterocycles. The maximum atomic E-state index is 6.49. The van der Waals surface area contributed by atoms with Gasteiger partial charge in [-0.2, -0.15) is 12.7 Å². The Morgan fingerprint density at radius 2 is 1.59 bits per heavy atom. The molecule has 232 valence electrons. The summed E-state index contributed by atoms with van der Waals surface area (Å²) >= 11 is 0. The average molecular weight is 768 g/mol. The molecule has 0 aliphatic carbocycles. The second kappa shape index (κ2) is 12.3. The van der Waals surface area contributed by atoms with Crippen LogP contribution < -0.4 is 19.3 Å². The zero-order chi connectivity index (χ0) is 30.5. The fraction of sp³-hybridized carbons (Fsp3) is 0.306. The topological polar surface area (TPSA) is 55.1 Å². The van der Waals surface area contributed by atoms with Crippen LogP contribution >= 0.6 is 0 Å². The van der Waals surface area contributed by atoms with Crippen LogP contribution in [0.25, 0.3) is 5.65 Å². The Bertz CT molecular complexity index is 1790. The molecule has 4 heterocycles. The Morgan fingerprint density at radius 3 is 2.30 bits per heavy atom. The third-order valence-electron chi connectivity index (χ3n) is 7.60. The van der Waals surface area contributed by atoms with Crippen molar-refractivity contribution in [3.05, 3.63) is 103 Å². The van der Waals surface area contributed by atoms with Crippen LogP contribution in [0.15, 0.2) is 66.9 Å². The van der Waals surface area contributed by atoms with E-state index in [1.165, 1.54) is 0 Å². The van der Waals surface area contributed by atoms with Gasteiger partial charge in [0, 0.05) is 56.1 Å². The van der Waals surface area contributed by atoms with E-state index < -0.39 is 0 Å². The minimum Gasteiger partial charge on any atom is -0.521 e. The molecule has 0 unspecified atom stereocenters. The maximum Gasteiger partial charge on any atom is 0.219 e. The quantitative estimate of drug-likeness (QED) is 0.154. The number of ether oxygens (including phenoxy) is 2. The Labute approximate surface area is 275 Å². The molecular weight excluding hydrogens is 730 g/mol. The van der Waals surface area contributed by atoms with Gasteiger partial charge in [0.25, 0.3) is 0 Å². The Hall–Kier alpha value is -3.83. The van der Waals surface area contributed by atoms with Crippen molar-refractivity contribution in [3.63, 3.8) is 0 Å². The SMILES string of the molecule is CC(C)c1nc2cc(Oc3[c-]c(N4[CH-]N(C)c5ccccc54)ccc3)[c-]c(Oc3cc(C(C)(C)C)ccn3)n2c1C(C)C.[Pt]. The van der Waals surface area contributed by atoms with Crippen molar-refractivity contribution in [2.75, 3.05) is 16.8 Å². The van der Waals surface area contributed by atoms with Crippen LogP contribution in [-0.4, -0.2) is 21.4 Å². The summed E-state index contributed by atoms with van der Waals surface area (Å²) in [5.41, 5.74) is 7.05. The summed E-state index contributed by atoms with van der Waals surface area (Å²) in [6, 6.07) is 26.9. The summed E-state index contributed by atoms with van der Waals surface area (Å²) in [4.78, 5) is 13.8. The standard InChI is InChI=1S/C36H38N5O2.Pt/c1-23(2)34-35(24(3)4)41-31(38-34)20-28(21-33(41)43-32-18-25(16-17-37-32)36(5,6)7)42-27-13-11-12-26(19-27)40-22-39(8)29-14-9-10-15-30(29)40;/h9-18,20,22-24H,1-8H3;/q-3;. The minimum absolute atomic E-state index is 0. The smallest absolute Gasteiger partial charge is 0.219 e. The Balaban J connectivity index is 0.00000384. The van der Waals surface area contributed by atoms with Gasteiger partial charge in [-0.05, 0) is 53.8 Å². The molecule has 1 aliphatic rings. The third kappa shape index (κ3) is 6.07. The molecule has 3 aromatic heterocycles. The zero-order valence-electron chi connectivity index (χ0n) is 26.5. The number of anilines is 3. The van der Waals surface area contributed by atoms with Gasteiger partial charge in [-0.15, -0.1) is 36.0 Å². The monoisotopic (exact) mass is 767 g/mol. The normalized spacial score (nSPS) is 13.0. The van der Waals surface area contributed by atoms with Gasteiger partial charge in [-0.25, -0.2) is 4.98 Å². The summed E-state index contributed by atoms with van der Waals surface area (Å²) < 4.78 is 14.9. The number of pyridine rings is 2. The Kier molecular flexibility index (Phi) is 8.82. The van der Waals surface area contributed by atoms with E-state index in [1.54, 1.807) is 6.20 Å². The number of hydrogen-bond acceptors (Lipinski definition) is 6. The number of hydrogen-bond donors (Lipinski definition) is 0. The van der Waals surface area contributed by atoms with Gasteiger partial charge in [0.05, 0.1) is 11.3 Å². The van der Waals surface area contributed by atoms with Gasteiger partial charge in [0.15, 0.2) is 0 Å². The number of aromatic nitrogens is 3. The van der Waals surface area contributed by atoms with Crippen LogP contribution in [-0.2, 0) is 26.5 Å². The van der Waals surface area contributed by atoms with Gasteiger partial charge in [0.2, 0.25) is 5.88 Å². The molecule has 0 fully saturated rings. The van der Waals surface area contributed by atoms with Crippen LogP contribution in [0.5, 0.6) is 23.3 Å². The second-order valence-electron chi connectivity index (χ2n) is 12.6. The van der Waals surface area contributed by atoms with E-state index in [1.807, 2.05) is 60.0 Å². The molecule has 44 heavy (non-hydrogen) atoms. The molecule has 0 amide bonds. The predicted molar refractivity (Wildman–Crippen MR) is 172 cm³/mol. The zero-order valence-corrected chi connectivity index (χ0v) is 28.7. The van der Waals surface area contributed by atoms with Crippen LogP contribution in [0.4, 0.5) is 17.1 Å². The molecule has 7 nitrogen and oxygen atoms in total. The fourth-order valence-corrected chi connectivity index (χ4v) is 5.44. The molecule has 1 aliphatic heterocycles. The van der Waals surface area contributed by atoms with Gasteiger partial charge < -0.3 is 19.3 Å². The van der Waals surface area contributed by atoms with Crippen molar-refractivity contribution in [2.45, 2.75) is 65.7 Å². The molecule has 2 aromatic carbocycles. The van der Waals surface area contributed by atoms with Gasteiger partial charge in [0.1, 0.15) is 5.88 Å². The first-order valence-electron chi connectivity index (χ1n) is 14.8. The number of fused-ring (bicyclic) bond motifs is 2. The van der Waals surface area contributed by atoms with Crippen molar-refractivity contribution in [1.29, 1.82) is 0 Å². The van der Waals surface area contributed by atoms with Gasteiger partial charge in [-0.1, -0.05) is 60.6 Å². The van der Waals surface area contributed by atoms with Crippen LogP contribution in [0.2, 0.25) is 0 Å². The largest absolute Gasteiger partial charge is 0.521 e. The number of rotatable bonds is 7. The van der Waals surface area contributed by atoms with Crippen molar-refractivity contribution in [1.82, 2.24) is 14.4 Å². The summed E-state index contributed by atoms with van der Waals surface area (Å²) in [5.74, 6) is 2.48. The van der Waals surface area contributed by atoms with Crippen molar-refractivity contribution in [3.8, 4) is 23.3 Å². The van der Waals surface area contributed by atoms with Gasteiger partial charge in [-0.3, -0.25) is 9.38 Å². The number of para-hydroxylation sites is 2. The summed E-state index contributed by atoms with van der Waals surface area (Å²) in [6.45, 7) is 17.2. The molecule has 0 atom stereocenters. The minimum atomic E-state index is -0.0447. The van der Waals surface area contributed by atoms with Crippen LogP contribution in [0, 0.1) is 18.8 Å².